The predicted molar refractivity (Wildman–Crippen MR) is 47.7 cm³/mol. The van der Waals surface area contributed by atoms with Gasteiger partial charge in [0, 0.05) is 6.92 Å². The van der Waals surface area contributed by atoms with E-state index < -0.39 is 47.3 Å². The molecule has 0 saturated heterocycles. The van der Waals surface area contributed by atoms with Crippen molar-refractivity contribution in [1.82, 2.24) is 0 Å². The fourth-order valence-electron chi connectivity index (χ4n) is 0.743. The number of rotatable bonds is 2. The summed E-state index contributed by atoms with van der Waals surface area (Å²) in [6.45, 7) is 1.12. The van der Waals surface area contributed by atoms with E-state index in [-0.39, 0.29) is 0 Å². The molecule has 0 aromatic heterocycles. The Hall–Kier alpha value is -1.84. The molecule has 0 bridgehead atoms. The van der Waals surface area contributed by atoms with Gasteiger partial charge in [-0.05, 0) is 12.1 Å². The molecule has 0 unspecified atom stereocenters. The Labute approximate surface area is 80.8 Å². The van der Waals surface area contributed by atoms with Crippen molar-refractivity contribution in [2.75, 3.05) is 5.32 Å². The van der Waals surface area contributed by atoms with Crippen LogP contribution in [-0.4, -0.2) is 17.0 Å². The lowest BCUT2D eigenvalue weighted by atomic mass is 10.2. The molecule has 0 heterocycles. The molecule has 0 aliphatic carbocycles. The Kier molecular flexibility index (Phi) is 1.43. The summed E-state index contributed by atoms with van der Waals surface area (Å²) in [5.41, 5.74) is -1.07. The minimum absolute atomic E-state index is 0.420. The average Bonchev–Trinajstić information content (AvgIpc) is 2.22. The van der Waals surface area contributed by atoms with E-state index in [0.29, 0.717) is 0 Å². The number of hydrogen-bond donors (Lipinski definition) is 2. The molecule has 4 heteroatoms. The number of anilines is 1. The first-order chi connectivity index (χ1) is 7.77. The van der Waals surface area contributed by atoms with E-state index in [1.54, 1.807) is 0 Å². The predicted octanol–water partition coefficient (Wildman–Crippen LogP) is 1.34. The van der Waals surface area contributed by atoms with Crippen LogP contribution in [-0.2, 0) is 4.79 Å². The normalized spacial score (nSPS) is 13.6. The van der Waals surface area contributed by atoms with Crippen molar-refractivity contribution in [1.29, 1.82) is 0 Å². The van der Waals surface area contributed by atoms with Crippen LogP contribution in [0.5, 0.6) is 0 Å². The summed E-state index contributed by atoms with van der Waals surface area (Å²) in [6, 6.07) is -2.52. The van der Waals surface area contributed by atoms with Gasteiger partial charge in [-0.15, -0.1) is 0 Å². The van der Waals surface area contributed by atoms with Crippen LogP contribution in [0.2, 0.25) is 0 Å². The van der Waals surface area contributed by atoms with Crippen molar-refractivity contribution in [3.63, 3.8) is 0 Å². The molecule has 0 saturated carbocycles. The second-order valence-electron chi connectivity index (χ2n) is 2.24. The number of carbonyl (C=O) groups is 2. The largest absolute Gasteiger partial charge is 0.478 e. The highest BCUT2D eigenvalue weighted by atomic mass is 16.4. The first-order valence-electron chi connectivity index (χ1n) is 5.38. The van der Waals surface area contributed by atoms with Gasteiger partial charge < -0.3 is 10.4 Å². The van der Waals surface area contributed by atoms with Crippen LogP contribution < -0.4 is 5.32 Å². The van der Waals surface area contributed by atoms with Crippen LogP contribution in [0.15, 0.2) is 24.2 Å². The minimum atomic E-state index is -1.53. The van der Waals surface area contributed by atoms with Gasteiger partial charge in [-0.3, -0.25) is 4.79 Å². The Morgan fingerprint density at radius 3 is 2.62 bits per heavy atom. The number of hydrogen-bond acceptors (Lipinski definition) is 2. The van der Waals surface area contributed by atoms with Gasteiger partial charge in [0.05, 0.1) is 16.7 Å². The maximum Gasteiger partial charge on any atom is 0.337 e. The van der Waals surface area contributed by atoms with E-state index in [0.717, 1.165) is 6.92 Å². The number of nitrogens with one attached hydrogen (secondary N) is 1. The fourth-order valence-corrected chi connectivity index (χ4v) is 0.743. The molecule has 0 radical (unpaired) electrons. The Morgan fingerprint density at radius 1 is 1.46 bits per heavy atom. The third-order valence-corrected chi connectivity index (χ3v) is 1.20. The number of amides is 1. The van der Waals surface area contributed by atoms with E-state index in [1.165, 1.54) is 0 Å². The van der Waals surface area contributed by atoms with Crippen molar-refractivity contribution in [2.24, 2.45) is 0 Å². The van der Waals surface area contributed by atoms with Crippen molar-refractivity contribution >= 4 is 17.6 Å². The number of carboxylic acid groups (broad SMARTS) is 1. The lowest BCUT2D eigenvalue weighted by Gasteiger charge is -2.04. The molecule has 0 aliphatic heterocycles. The molecule has 0 atom stereocenters. The van der Waals surface area contributed by atoms with E-state index in [1.807, 2.05) is 0 Å². The standard InChI is InChI=1S/C9H9NO3/c1-6(11)10-8-5-3-2-4-7(8)9(12)13/h2-5H,1H3,(H,10,11)(H,12,13)/i2D,3D,4D,5D. The van der Waals surface area contributed by atoms with Crippen LogP contribution in [0.3, 0.4) is 0 Å². The molecular weight excluding hydrogens is 170 g/mol. The van der Waals surface area contributed by atoms with Gasteiger partial charge >= 0.3 is 5.97 Å². The SMILES string of the molecule is [2H]c1c([2H])c([2H])c(C(=O)O)c(NC(C)=O)c1[2H]. The second-order valence-corrected chi connectivity index (χ2v) is 2.24. The third kappa shape index (κ3) is 2.30. The number of aromatic carboxylic acids is 1. The Balaban J connectivity index is 3.65. The smallest absolute Gasteiger partial charge is 0.337 e. The first-order valence-corrected chi connectivity index (χ1v) is 3.38. The summed E-state index contributed by atoms with van der Waals surface area (Å²) in [5.74, 6) is -2.14. The number of carboxylic acids is 1. The van der Waals surface area contributed by atoms with Gasteiger partial charge in [0.1, 0.15) is 0 Å². The molecule has 13 heavy (non-hydrogen) atoms. The summed E-state index contributed by atoms with van der Waals surface area (Å²) in [7, 11) is 0. The second kappa shape index (κ2) is 3.71. The monoisotopic (exact) mass is 183 g/mol. The van der Waals surface area contributed by atoms with E-state index >= 15 is 0 Å². The Bertz CT molecular complexity index is 516. The van der Waals surface area contributed by atoms with Gasteiger partial charge in [-0.1, -0.05) is 12.1 Å². The van der Waals surface area contributed by atoms with Crippen molar-refractivity contribution in [3.05, 3.63) is 29.7 Å². The van der Waals surface area contributed by atoms with E-state index in [9.17, 15) is 9.59 Å². The van der Waals surface area contributed by atoms with Gasteiger partial charge in [-0.2, -0.15) is 0 Å². The molecule has 1 rings (SSSR count). The highest BCUT2D eigenvalue weighted by molar-refractivity contribution is 5.99. The number of carbonyl (C=O) groups excluding carboxylic acids is 1. The fraction of sp³-hybridized carbons (Fsp3) is 0.111. The molecular formula is C9H9NO3. The topological polar surface area (TPSA) is 66.4 Å². The zero-order chi connectivity index (χ0) is 13.3. The average molecular weight is 183 g/mol. The van der Waals surface area contributed by atoms with Crippen molar-refractivity contribution in [2.45, 2.75) is 6.92 Å². The van der Waals surface area contributed by atoms with E-state index in [2.05, 4.69) is 5.32 Å². The number of para-hydroxylation sites is 1. The molecule has 4 nitrogen and oxygen atoms in total. The van der Waals surface area contributed by atoms with Crippen LogP contribution in [0, 0.1) is 0 Å². The molecule has 0 fully saturated rings. The molecule has 1 amide bonds. The molecule has 1 aromatic carbocycles. The summed E-state index contributed by atoms with van der Waals surface area (Å²) < 4.78 is 29.6. The van der Waals surface area contributed by atoms with E-state index in [4.69, 9.17) is 10.6 Å². The maximum absolute atomic E-state index is 10.9. The molecule has 0 aliphatic rings. The summed E-state index contributed by atoms with van der Waals surface area (Å²) >= 11 is 0. The lowest BCUT2D eigenvalue weighted by molar-refractivity contribution is -0.114. The van der Waals surface area contributed by atoms with Crippen molar-refractivity contribution < 1.29 is 20.2 Å². The van der Waals surface area contributed by atoms with Crippen LogP contribution >= 0.6 is 0 Å². The molecule has 1 aromatic rings. The summed E-state index contributed by atoms with van der Waals surface area (Å²) in [5, 5.41) is 11.0. The highest BCUT2D eigenvalue weighted by Gasteiger charge is 2.08. The molecule has 68 valence electrons. The first kappa shape index (κ1) is 5.01. The molecule has 2 N–H and O–H groups in total. The third-order valence-electron chi connectivity index (χ3n) is 1.20. The van der Waals surface area contributed by atoms with Gasteiger partial charge in [-0.25, -0.2) is 4.79 Å². The Morgan fingerprint density at radius 2 is 2.08 bits per heavy atom. The maximum atomic E-state index is 10.9. The van der Waals surface area contributed by atoms with Crippen LogP contribution in [0.4, 0.5) is 5.69 Å². The summed E-state index contributed by atoms with van der Waals surface area (Å²) in [4.78, 5) is 21.8. The van der Waals surface area contributed by atoms with Gasteiger partial charge in [0.25, 0.3) is 0 Å². The zero-order valence-electron chi connectivity index (χ0n) is 10.8. The quantitative estimate of drug-likeness (QED) is 0.727. The minimum Gasteiger partial charge on any atom is -0.478 e. The van der Waals surface area contributed by atoms with Gasteiger partial charge in [0.15, 0.2) is 0 Å². The highest BCUT2D eigenvalue weighted by Crippen LogP contribution is 2.14. The lowest BCUT2D eigenvalue weighted by Crippen LogP contribution is -2.10. The number of benzene rings is 1. The van der Waals surface area contributed by atoms with Crippen molar-refractivity contribution in [3.8, 4) is 0 Å². The molecule has 0 spiro atoms. The summed E-state index contributed by atoms with van der Waals surface area (Å²) in [6.07, 6.45) is 0. The zero-order valence-corrected chi connectivity index (χ0v) is 6.76. The van der Waals surface area contributed by atoms with Crippen LogP contribution in [0.1, 0.15) is 22.8 Å². The van der Waals surface area contributed by atoms with Crippen LogP contribution in [0.25, 0.3) is 0 Å². The van der Waals surface area contributed by atoms with Gasteiger partial charge in [0.2, 0.25) is 5.91 Å².